The maximum absolute atomic E-state index is 14.2. The second kappa shape index (κ2) is 24.5. The molecule has 1 aromatic heterocycles. The summed E-state index contributed by atoms with van der Waals surface area (Å²) in [4.78, 5) is 64.7. The summed E-state index contributed by atoms with van der Waals surface area (Å²) in [6, 6.07) is 5.31. The maximum atomic E-state index is 14.2. The smallest absolute Gasteiger partial charge is 0.416 e. The number of unbranched alkanes of at least 4 members (excludes halogenated alkanes) is 2. The molecule has 4 aromatic rings. The zero-order valence-electron chi connectivity index (χ0n) is 36.7. The summed E-state index contributed by atoms with van der Waals surface area (Å²) in [7, 11) is 0. The van der Waals surface area contributed by atoms with E-state index in [1.54, 1.807) is 0 Å². The number of aliphatic imine (C=N–C) groups is 2. The highest BCUT2D eigenvalue weighted by Crippen LogP contribution is 2.43. The molecule has 3 aromatic carbocycles. The van der Waals surface area contributed by atoms with Crippen molar-refractivity contribution in [2.75, 3.05) is 70.4 Å². The monoisotopic (exact) mass is 1010 g/mol. The number of benzene rings is 3. The van der Waals surface area contributed by atoms with Crippen molar-refractivity contribution in [2.24, 2.45) is 38.7 Å². The first-order valence-electron chi connectivity index (χ1n) is 21.2. The number of nitrogens with one attached hydrogen (secondary N) is 7. The molecule has 1 atom stereocenters. The van der Waals surface area contributed by atoms with E-state index in [0.29, 0.717) is 61.5 Å². The number of carbonyl (C=O) groups is 4. The summed E-state index contributed by atoms with van der Waals surface area (Å²) in [5, 5.41) is 18.0. The summed E-state index contributed by atoms with van der Waals surface area (Å²) in [6.07, 6.45) is -8.40. The molecule has 6 amide bonds. The Bertz CT molecular complexity index is 2530. The van der Waals surface area contributed by atoms with E-state index in [1.807, 2.05) is 0 Å². The van der Waals surface area contributed by atoms with Gasteiger partial charge in [0, 0.05) is 50.5 Å². The third kappa shape index (κ3) is 16.7. The first-order valence-corrected chi connectivity index (χ1v) is 23.0. The number of ether oxygens (including phenoxy) is 1. The number of hydrogen-bond acceptors (Lipinski definition) is 12. The Hall–Kier alpha value is -6.78. The summed E-state index contributed by atoms with van der Waals surface area (Å²) in [5.41, 5.74) is 23.9. The largest absolute Gasteiger partial charge is 0.485 e. The Balaban J connectivity index is 1.32. The molecule has 374 valence electrons. The summed E-state index contributed by atoms with van der Waals surface area (Å²) >= 11 is 1.94. The van der Waals surface area contributed by atoms with E-state index < -0.39 is 53.5 Å². The van der Waals surface area contributed by atoms with Crippen LogP contribution in [0, 0.1) is 0 Å². The topological polar surface area (TPSA) is 329 Å². The number of halogens is 6. The Morgan fingerprint density at radius 1 is 0.739 bits per heavy atom. The van der Waals surface area contributed by atoms with Crippen LogP contribution >= 0.6 is 23.1 Å². The lowest BCUT2D eigenvalue weighted by molar-refractivity contribution is -0.138. The number of carbonyl (C=O) groups excluding carboxylic acids is 4. The molecule has 0 spiro atoms. The van der Waals surface area contributed by atoms with Gasteiger partial charge in [-0.05, 0) is 81.1 Å². The number of aromatic nitrogens is 1. The Kier molecular flexibility index (Phi) is 18.9. The van der Waals surface area contributed by atoms with Crippen molar-refractivity contribution < 1.29 is 50.3 Å². The lowest BCUT2D eigenvalue weighted by Gasteiger charge is -2.22. The summed E-state index contributed by atoms with van der Waals surface area (Å²) in [6.45, 7) is 1.53. The van der Waals surface area contributed by atoms with Gasteiger partial charge in [0.25, 0.3) is 0 Å². The minimum atomic E-state index is -4.89. The Morgan fingerprint density at radius 3 is 1.83 bits per heavy atom. The van der Waals surface area contributed by atoms with Crippen molar-refractivity contribution in [3.63, 3.8) is 0 Å². The lowest BCUT2D eigenvalue weighted by atomic mass is 10.1. The quantitative estimate of drug-likeness (QED) is 0.0146. The number of fused-ring (bicyclic) bond motifs is 1. The van der Waals surface area contributed by atoms with Crippen LogP contribution in [0.15, 0.2) is 57.3 Å². The zero-order valence-corrected chi connectivity index (χ0v) is 38.3. The standard InChI is InChI=1S/C41H51F6N15O5S2/c42-40(43,44)21-15-26(57-31(63)5-1-3-11-54-35(49)50)33(67-24-9-13-53-20-24)27(16-21)59-37(65)56-23-7-8-25-30(19-23)69-39(61-25)62-38(66)60-29-18-22(41(45,46)47)17-28(34(29)68-14-10-48)58-32(64)6-2-4-12-55-36(51)52/h7-8,15-19,24,53H,1-6,9-14,20,48H2,(H,57,63)(H,58,64)(H4,49,50,54)(H4,51,52,55)(H2,56,59,65)(H2,60,61,62,66)/t24-/m1/s1. The van der Waals surface area contributed by atoms with Gasteiger partial charge < -0.3 is 65.3 Å². The van der Waals surface area contributed by atoms with E-state index in [1.165, 1.54) is 18.2 Å². The molecule has 5 rings (SSSR count). The predicted molar refractivity (Wildman–Crippen MR) is 256 cm³/mol. The molecule has 0 bridgehead atoms. The van der Waals surface area contributed by atoms with Gasteiger partial charge in [-0.1, -0.05) is 11.3 Å². The maximum Gasteiger partial charge on any atom is 0.416 e. The number of anilines is 6. The fourth-order valence-electron chi connectivity index (χ4n) is 6.52. The number of guanidine groups is 2. The summed E-state index contributed by atoms with van der Waals surface area (Å²) < 4.78 is 91.5. The summed E-state index contributed by atoms with van der Waals surface area (Å²) in [5.74, 6) is -1.43. The molecule has 1 aliphatic heterocycles. The van der Waals surface area contributed by atoms with Crippen molar-refractivity contribution in [1.82, 2.24) is 10.3 Å². The first-order chi connectivity index (χ1) is 32.7. The van der Waals surface area contributed by atoms with Crippen LogP contribution in [0.2, 0.25) is 0 Å². The number of rotatable bonds is 21. The molecule has 0 aliphatic carbocycles. The average molecular weight is 1010 g/mol. The van der Waals surface area contributed by atoms with E-state index in [0.717, 1.165) is 41.3 Å². The van der Waals surface area contributed by atoms with Crippen LogP contribution in [-0.2, 0) is 21.9 Å². The zero-order chi connectivity index (χ0) is 50.3. The molecule has 0 radical (unpaired) electrons. The van der Waals surface area contributed by atoms with Gasteiger partial charge >= 0.3 is 24.4 Å². The highest BCUT2D eigenvalue weighted by Gasteiger charge is 2.35. The van der Waals surface area contributed by atoms with Crippen molar-refractivity contribution >= 4 is 103 Å². The number of amides is 6. The minimum Gasteiger partial charge on any atom is -0.485 e. The highest BCUT2D eigenvalue weighted by molar-refractivity contribution is 7.99. The predicted octanol–water partition coefficient (Wildman–Crippen LogP) is 6.18. The van der Waals surface area contributed by atoms with Crippen LogP contribution in [-0.4, -0.2) is 85.4 Å². The lowest BCUT2D eigenvalue weighted by Crippen LogP contribution is -2.25. The van der Waals surface area contributed by atoms with Crippen LogP contribution < -0.4 is 70.6 Å². The molecule has 17 N–H and O–H groups in total. The number of thiazole rings is 1. The molecular weight excluding hydrogens is 961 g/mol. The normalized spacial score (nSPS) is 13.6. The fraction of sp³-hybridized carbons (Fsp3) is 0.390. The molecule has 28 heteroatoms. The van der Waals surface area contributed by atoms with E-state index in [2.05, 4.69) is 52.2 Å². The fourth-order valence-corrected chi connectivity index (χ4v) is 8.28. The first kappa shape index (κ1) is 53.2. The number of urea groups is 2. The second-order valence-electron chi connectivity index (χ2n) is 15.1. The third-order valence-electron chi connectivity index (χ3n) is 9.62. The van der Waals surface area contributed by atoms with Gasteiger partial charge in [-0.2, -0.15) is 26.3 Å². The molecule has 20 nitrogen and oxygen atoms in total. The van der Waals surface area contributed by atoms with Crippen LogP contribution in [0.3, 0.4) is 0 Å². The number of nitrogens with two attached hydrogens (primary N) is 5. The minimum absolute atomic E-state index is 0.00279. The molecular formula is C41H51F6N15O5S2. The molecule has 0 saturated carbocycles. The number of hydrogen-bond donors (Lipinski definition) is 12. The van der Waals surface area contributed by atoms with Gasteiger partial charge in [-0.25, -0.2) is 14.6 Å². The van der Waals surface area contributed by atoms with E-state index in [-0.39, 0.29) is 94.4 Å². The van der Waals surface area contributed by atoms with Crippen LogP contribution in [0.25, 0.3) is 10.2 Å². The van der Waals surface area contributed by atoms with Crippen molar-refractivity contribution in [3.8, 4) is 5.75 Å². The number of nitrogens with zero attached hydrogens (tertiary/aromatic N) is 3. The highest BCUT2D eigenvalue weighted by atomic mass is 32.2. The molecule has 1 saturated heterocycles. The van der Waals surface area contributed by atoms with Gasteiger partial charge in [0.05, 0.1) is 49.0 Å². The van der Waals surface area contributed by atoms with Crippen LogP contribution in [0.5, 0.6) is 5.75 Å². The van der Waals surface area contributed by atoms with Crippen molar-refractivity contribution in [3.05, 3.63) is 53.6 Å². The molecule has 69 heavy (non-hydrogen) atoms. The molecule has 2 heterocycles. The van der Waals surface area contributed by atoms with Gasteiger partial charge in [0.1, 0.15) is 6.10 Å². The Morgan fingerprint density at radius 2 is 1.28 bits per heavy atom. The van der Waals surface area contributed by atoms with Crippen LogP contribution in [0.4, 0.5) is 69.5 Å². The Labute approximate surface area is 398 Å². The van der Waals surface area contributed by atoms with Gasteiger partial charge in [-0.15, -0.1) is 11.8 Å². The van der Waals surface area contributed by atoms with Crippen molar-refractivity contribution in [2.45, 2.75) is 68.3 Å². The molecule has 1 fully saturated rings. The van der Waals surface area contributed by atoms with E-state index in [9.17, 15) is 45.5 Å². The molecule has 0 unspecified atom stereocenters. The third-order valence-corrected chi connectivity index (χ3v) is 11.7. The van der Waals surface area contributed by atoms with E-state index in [4.69, 9.17) is 33.4 Å². The van der Waals surface area contributed by atoms with Gasteiger partial charge in [0.2, 0.25) is 11.8 Å². The molecule has 1 aliphatic rings. The van der Waals surface area contributed by atoms with Crippen molar-refractivity contribution in [1.29, 1.82) is 0 Å². The SMILES string of the molecule is NCCSc1c(NC(=O)CCCCN=C(N)N)cc(C(F)(F)F)cc1NC(=O)Nc1nc2ccc(NC(=O)Nc3cc(C(F)(F)F)cc(NC(=O)CCCCN=C(N)N)c3O[C@@H]3CCNC3)cc2s1. The van der Waals surface area contributed by atoms with Gasteiger partial charge in [-0.3, -0.25) is 24.9 Å². The van der Waals surface area contributed by atoms with Gasteiger partial charge in [0.15, 0.2) is 22.8 Å². The number of thioether (sulfide) groups is 1. The average Bonchev–Trinajstić information content (AvgIpc) is 3.92. The number of alkyl halides is 6. The van der Waals surface area contributed by atoms with Crippen LogP contribution in [0.1, 0.15) is 56.1 Å². The van der Waals surface area contributed by atoms with E-state index >= 15 is 0 Å². The second-order valence-corrected chi connectivity index (χ2v) is 17.3.